The van der Waals surface area contributed by atoms with E-state index in [0.717, 1.165) is 17.0 Å². The second-order valence-corrected chi connectivity index (χ2v) is 4.25. The van der Waals surface area contributed by atoms with Gasteiger partial charge in [0.25, 0.3) is 0 Å². The summed E-state index contributed by atoms with van der Waals surface area (Å²) in [7, 11) is 0. The van der Waals surface area contributed by atoms with Crippen LogP contribution < -0.4 is 5.73 Å². The highest BCUT2D eigenvalue weighted by Crippen LogP contribution is 2.27. The average molecular weight is 261 g/mol. The minimum atomic E-state index is 0.205. The zero-order valence-corrected chi connectivity index (χ0v) is 10.5. The Bertz CT molecular complexity index is 784. The third-order valence-corrected chi connectivity index (χ3v) is 2.95. The molecule has 0 aliphatic heterocycles. The molecule has 3 N–H and O–H groups in total. The molecule has 0 atom stereocenters. The van der Waals surface area contributed by atoms with Crippen LogP contribution in [0.4, 0.5) is 5.95 Å². The molecule has 2 aromatic heterocycles. The van der Waals surface area contributed by atoms with Crippen LogP contribution in [0.1, 0.15) is 5.56 Å². The summed E-state index contributed by atoms with van der Waals surface area (Å²) >= 11 is 0. The van der Waals surface area contributed by atoms with Gasteiger partial charge in [-0.25, -0.2) is 9.97 Å². The molecule has 96 valence electrons. The number of rotatable bonds is 2. The van der Waals surface area contributed by atoms with Gasteiger partial charge in [0.1, 0.15) is 6.07 Å². The van der Waals surface area contributed by atoms with Gasteiger partial charge in [0.05, 0.1) is 22.6 Å². The quantitative estimate of drug-likeness (QED) is 0.741. The SMILES string of the molecule is N#Cc1cc(-c2ccnc(N)n2)[nH]c1-c1ccccc1. The minimum Gasteiger partial charge on any atom is -0.368 e. The van der Waals surface area contributed by atoms with Crippen LogP contribution in [0.3, 0.4) is 0 Å². The Labute approximate surface area is 115 Å². The second-order valence-electron chi connectivity index (χ2n) is 4.25. The van der Waals surface area contributed by atoms with Crippen molar-refractivity contribution in [2.24, 2.45) is 0 Å². The van der Waals surface area contributed by atoms with Crippen LogP contribution in [0, 0.1) is 11.3 Å². The van der Waals surface area contributed by atoms with Gasteiger partial charge in [-0.1, -0.05) is 30.3 Å². The molecule has 0 aliphatic rings. The number of hydrogen-bond acceptors (Lipinski definition) is 4. The fourth-order valence-electron chi connectivity index (χ4n) is 2.04. The molecule has 0 unspecified atom stereocenters. The minimum absolute atomic E-state index is 0.205. The molecular weight excluding hydrogens is 250 g/mol. The van der Waals surface area contributed by atoms with E-state index in [1.165, 1.54) is 0 Å². The van der Waals surface area contributed by atoms with Crippen molar-refractivity contribution in [2.45, 2.75) is 0 Å². The lowest BCUT2D eigenvalue weighted by Crippen LogP contribution is -1.95. The number of aromatic nitrogens is 3. The van der Waals surface area contributed by atoms with E-state index in [1.54, 1.807) is 18.3 Å². The summed E-state index contributed by atoms with van der Waals surface area (Å²) in [5.41, 5.74) is 9.30. The molecule has 1 aromatic carbocycles. The third-order valence-electron chi connectivity index (χ3n) is 2.95. The number of nitrogens with one attached hydrogen (secondary N) is 1. The van der Waals surface area contributed by atoms with E-state index in [-0.39, 0.29) is 5.95 Å². The number of aromatic amines is 1. The molecule has 0 aliphatic carbocycles. The van der Waals surface area contributed by atoms with Crippen LogP contribution in [0.2, 0.25) is 0 Å². The molecule has 2 heterocycles. The van der Waals surface area contributed by atoms with Gasteiger partial charge in [0.2, 0.25) is 5.95 Å². The maximum Gasteiger partial charge on any atom is 0.220 e. The Kier molecular flexibility index (Phi) is 2.90. The average Bonchev–Trinajstić information content (AvgIpc) is 2.92. The number of nitriles is 1. The van der Waals surface area contributed by atoms with Crippen LogP contribution in [-0.2, 0) is 0 Å². The molecule has 0 saturated heterocycles. The van der Waals surface area contributed by atoms with E-state index in [1.807, 2.05) is 30.3 Å². The van der Waals surface area contributed by atoms with E-state index in [2.05, 4.69) is 21.0 Å². The third kappa shape index (κ3) is 2.10. The Morgan fingerprint density at radius 2 is 1.95 bits per heavy atom. The molecule has 20 heavy (non-hydrogen) atoms. The normalized spacial score (nSPS) is 10.2. The fourth-order valence-corrected chi connectivity index (χ4v) is 2.04. The van der Waals surface area contributed by atoms with E-state index in [0.29, 0.717) is 11.3 Å². The Balaban J connectivity index is 2.13. The van der Waals surface area contributed by atoms with Crippen molar-refractivity contribution in [2.75, 3.05) is 5.73 Å². The van der Waals surface area contributed by atoms with Gasteiger partial charge in [-0.3, -0.25) is 0 Å². The van der Waals surface area contributed by atoms with Crippen LogP contribution in [-0.4, -0.2) is 15.0 Å². The largest absolute Gasteiger partial charge is 0.368 e. The summed E-state index contributed by atoms with van der Waals surface area (Å²) in [6, 6.07) is 15.4. The number of H-pyrrole nitrogens is 1. The molecule has 0 bridgehead atoms. The summed E-state index contributed by atoms with van der Waals surface area (Å²) in [6.07, 6.45) is 1.59. The Morgan fingerprint density at radius 1 is 1.15 bits per heavy atom. The number of nitrogen functional groups attached to an aromatic ring is 1. The summed E-state index contributed by atoms with van der Waals surface area (Å²) in [6.45, 7) is 0. The lowest BCUT2D eigenvalue weighted by molar-refractivity contribution is 1.18. The lowest BCUT2D eigenvalue weighted by atomic mass is 10.1. The molecule has 5 nitrogen and oxygen atoms in total. The maximum atomic E-state index is 9.27. The van der Waals surface area contributed by atoms with Crippen LogP contribution in [0.25, 0.3) is 22.6 Å². The molecule has 3 rings (SSSR count). The number of benzene rings is 1. The molecule has 0 amide bonds. The summed E-state index contributed by atoms with van der Waals surface area (Å²) in [5, 5.41) is 9.27. The first-order valence-corrected chi connectivity index (χ1v) is 6.05. The topological polar surface area (TPSA) is 91.4 Å². The van der Waals surface area contributed by atoms with Gasteiger partial charge in [-0.2, -0.15) is 5.26 Å². The van der Waals surface area contributed by atoms with Gasteiger partial charge in [0.15, 0.2) is 0 Å². The van der Waals surface area contributed by atoms with Gasteiger partial charge < -0.3 is 10.7 Å². The number of nitrogens with zero attached hydrogens (tertiary/aromatic N) is 3. The van der Waals surface area contributed by atoms with E-state index < -0.39 is 0 Å². The first kappa shape index (κ1) is 11.9. The zero-order chi connectivity index (χ0) is 13.9. The molecule has 0 fully saturated rings. The van der Waals surface area contributed by atoms with Gasteiger partial charge in [0, 0.05) is 6.20 Å². The van der Waals surface area contributed by atoms with Gasteiger partial charge in [-0.15, -0.1) is 0 Å². The predicted octanol–water partition coefficient (Wildman–Crippen LogP) is 2.59. The van der Waals surface area contributed by atoms with Crippen molar-refractivity contribution < 1.29 is 0 Å². The van der Waals surface area contributed by atoms with Crippen LogP contribution in [0.5, 0.6) is 0 Å². The maximum absolute atomic E-state index is 9.27. The van der Waals surface area contributed by atoms with Crippen molar-refractivity contribution >= 4 is 5.95 Å². The highest BCUT2D eigenvalue weighted by Gasteiger charge is 2.12. The number of hydrogen-bond donors (Lipinski definition) is 2. The highest BCUT2D eigenvalue weighted by molar-refractivity contribution is 5.73. The second kappa shape index (κ2) is 4.86. The summed E-state index contributed by atoms with van der Waals surface area (Å²) < 4.78 is 0. The van der Waals surface area contributed by atoms with Gasteiger partial charge >= 0.3 is 0 Å². The standard InChI is InChI=1S/C15H11N5/c16-9-11-8-13(12-6-7-18-15(17)20-12)19-14(11)10-4-2-1-3-5-10/h1-8,19H,(H2,17,18,20). The first-order chi connectivity index (χ1) is 9.78. The Morgan fingerprint density at radius 3 is 2.65 bits per heavy atom. The van der Waals surface area contributed by atoms with E-state index >= 15 is 0 Å². The van der Waals surface area contributed by atoms with Crippen LogP contribution >= 0.6 is 0 Å². The zero-order valence-electron chi connectivity index (χ0n) is 10.5. The Hall–Kier alpha value is -3.13. The van der Waals surface area contributed by atoms with Crippen molar-refractivity contribution in [3.63, 3.8) is 0 Å². The number of nitrogens with two attached hydrogens (primary N) is 1. The highest BCUT2D eigenvalue weighted by atomic mass is 15.0. The van der Waals surface area contributed by atoms with E-state index in [4.69, 9.17) is 5.73 Å². The molecule has 3 aromatic rings. The molecule has 0 spiro atoms. The number of anilines is 1. The van der Waals surface area contributed by atoms with Gasteiger partial charge in [-0.05, 0) is 17.7 Å². The predicted molar refractivity (Wildman–Crippen MR) is 76.4 cm³/mol. The molecule has 0 radical (unpaired) electrons. The molecule has 0 saturated carbocycles. The first-order valence-electron chi connectivity index (χ1n) is 6.05. The fraction of sp³-hybridized carbons (Fsp3) is 0. The lowest BCUT2D eigenvalue weighted by Gasteiger charge is -1.99. The van der Waals surface area contributed by atoms with Crippen molar-refractivity contribution in [1.82, 2.24) is 15.0 Å². The monoisotopic (exact) mass is 261 g/mol. The van der Waals surface area contributed by atoms with Crippen molar-refractivity contribution in [3.05, 3.63) is 54.2 Å². The molecule has 5 heteroatoms. The smallest absolute Gasteiger partial charge is 0.220 e. The summed E-state index contributed by atoms with van der Waals surface area (Å²) in [4.78, 5) is 11.2. The van der Waals surface area contributed by atoms with Crippen molar-refractivity contribution in [3.8, 4) is 28.7 Å². The summed E-state index contributed by atoms with van der Waals surface area (Å²) in [5.74, 6) is 0.205. The van der Waals surface area contributed by atoms with E-state index in [9.17, 15) is 5.26 Å². The van der Waals surface area contributed by atoms with Crippen molar-refractivity contribution in [1.29, 1.82) is 5.26 Å². The molecular formula is C15H11N5. The van der Waals surface area contributed by atoms with Crippen LogP contribution in [0.15, 0.2) is 48.7 Å².